The van der Waals surface area contributed by atoms with Crippen molar-refractivity contribution in [2.75, 3.05) is 13.1 Å². The summed E-state index contributed by atoms with van der Waals surface area (Å²) in [5.74, 6) is 2.48. The van der Waals surface area contributed by atoms with Crippen LogP contribution in [0.5, 0.6) is 0 Å². The largest absolute Gasteiger partial charge is 0.454 e. The molecule has 0 unspecified atom stereocenters. The Labute approximate surface area is 165 Å². The lowest BCUT2D eigenvalue weighted by Gasteiger charge is -2.32. The van der Waals surface area contributed by atoms with Crippen molar-refractivity contribution < 1.29 is 9.21 Å². The first kappa shape index (κ1) is 18.5. The molecule has 0 aliphatic carbocycles. The van der Waals surface area contributed by atoms with Crippen molar-refractivity contribution in [3.63, 3.8) is 0 Å². The Morgan fingerprint density at radius 1 is 1.29 bits per heavy atom. The maximum absolute atomic E-state index is 13.0. The number of rotatable bonds is 7. The highest BCUT2D eigenvalue weighted by atomic mass is 16.4. The minimum atomic E-state index is -0.0388. The van der Waals surface area contributed by atoms with Gasteiger partial charge in [-0.25, -0.2) is 4.98 Å². The number of carbonyl (C=O) groups excluding carboxylic acids is 1. The number of imidazole rings is 1. The Bertz CT molecular complexity index is 896. The number of aromatic nitrogens is 4. The van der Waals surface area contributed by atoms with Crippen molar-refractivity contribution in [1.29, 1.82) is 0 Å². The molecule has 1 fully saturated rings. The third-order valence-corrected chi connectivity index (χ3v) is 5.32. The van der Waals surface area contributed by atoms with Gasteiger partial charge in [0.25, 0.3) is 5.91 Å². The summed E-state index contributed by atoms with van der Waals surface area (Å²) < 4.78 is 9.83. The van der Waals surface area contributed by atoms with Crippen molar-refractivity contribution in [3.05, 3.63) is 60.3 Å². The minimum absolute atomic E-state index is 0.0388. The van der Waals surface area contributed by atoms with Crippen molar-refractivity contribution >= 4 is 5.91 Å². The molecule has 0 N–H and O–H groups in total. The summed E-state index contributed by atoms with van der Waals surface area (Å²) in [5, 5.41) is 4.18. The maximum atomic E-state index is 13.0. The van der Waals surface area contributed by atoms with Gasteiger partial charge in [0.05, 0.1) is 6.54 Å². The van der Waals surface area contributed by atoms with Gasteiger partial charge in [0, 0.05) is 50.3 Å². The number of hydrogen-bond donors (Lipinski definition) is 0. The predicted octanol–water partition coefficient (Wildman–Crippen LogP) is 3.54. The summed E-state index contributed by atoms with van der Waals surface area (Å²) in [4.78, 5) is 19.5. The monoisotopic (exact) mass is 381 g/mol. The number of furan rings is 1. The second-order valence-electron chi connectivity index (χ2n) is 7.39. The van der Waals surface area contributed by atoms with Crippen LogP contribution in [0.15, 0.2) is 47.4 Å². The molecule has 3 aromatic rings. The smallest absolute Gasteiger partial charge is 0.289 e. The van der Waals surface area contributed by atoms with Gasteiger partial charge in [-0.15, -0.1) is 0 Å². The number of amides is 1. The van der Waals surface area contributed by atoms with Crippen LogP contribution in [0.25, 0.3) is 0 Å². The van der Waals surface area contributed by atoms with Crippen LogP contribution in [-0.4, -0.2) is 43.2 Å². The Hall–Kier alpha value is -2.83. The molecule has 7 heteroatoms. The topological polar surface area (TPSA) is 69.1 Å². The standard InChI is InChI=1S/C21H27N5O2/c1-2-3-11-24-14-10-22-20(24)17-6-4-12-25(15-17)21(27)19-8-7-18(28-19)16-26-13-5-9-23-26/h5,7-10,13-14,17H,2-4,6,11-12,15-16H2,1H3/t17-/m1/s1. The lowest BCUT2D eigenvalue weighted by Crippen LogP contribution is -2.39. The molecule has 28 heavy (non-hydrogen) atoms. The van der Waals surface area contributed by atoms with E-state index >= 15 is 0 Å². The van der Waals surface area contributed by atoms with Gasteiger partial charge < -0.3 is 13.9 Å². The van der Waals surface area contributed by atoms with Gasteiger partial charge in [0.15, 0.2) is 5.76 Å². The Morgan fingerprint density at radius 2 is 2.21 bits per heavy atom. The lowest BCUT2D eigenvalue weighted by molar-refractivity contribution is 0.0669. The van der Waals surface area contributed by atoms with E-state index in [1.54, 1.807) is 16.9 Å². The highest BCUT2D eigenvalue weighted by molar-refractivity contribution is 5.91. The summed E-state index contributed by atoms with van der Waals surface area (Å²) in [5.41, 5.74) is 0. The maximum Gasteiger partial charge on any atom is 0.289 e. The molecule has 3 aromatic heterocycles. The zero-order chi connectivity index (χ0) is 19.3. The second kappa shape index (κ2) is 8.46. The van der Waals surface area contributed by atoms with Gasteiger partial charge in [0.1, 0.15) is 11.6 Å². The van der Waals surface area contributed by atoms with Crippen LogP contribution in [-0.2, 0) is 13.1 Å². The SMILES string of the molecule is CCCCn1ccnc1[C@@H]1CCCN(C(=O)c2ccc(Cn3cccn3)o2)C1. The first-order valence-corrected chi connectivity index (χ1v) is 10.1. The van der Waals surface area contributed by atoms with E-state index in [1.165, 1.54) is 0 Å². The molecule has 0 saturated carbocycles. The van der Waals surface area contributed by atoms with Crippen LogP contribution < -0.4 is 0 Å². The highest BCUT2D eigenvalue weighted by Crippen LogP contribution is 2.27. The minimum Gasteiger partial charge on any atom is -0.454 e. The van der Waals surface area contributed by atoms with Gasteiger partial charge >= 0.3 is 0 Å². The molecule has 1 aliphatic heterocycles. The number of carbonyl (C=O) groups is 1. The van der Waals surface area contributed by atoms with Gasteiger partial charge in [-0.2, -0.15) is 5.10 Å². The zero-order valence-corrected chi connectivity index (χ0v) is 16.3. The Kier molecular flexibility index (Phi) is 5.60. The van der Waals surface area contributed by atoms with E-state index in [1.807, 2.05) is 29.4 Å². The molecular formula is C21H27N5O2. The molecule has 4 heterocycles. The van der Waals surface area contributed by atoms with E-state index in [0.717, 1.165) is 50.4 Å². The average Bonchev–Trinajstić information content (AvgIpc) is 3.48. The molecule has 0 radical (unpaired) electrons. The van der Waals surface area contributed by atoms with Crippen molar-refractivity contribution in [3.8, 4) is 0 Å². The van der Waals surface area contributed by atoms with E-state index in [-0.39, 0.29) is 11.8 Å². The van der Waals surface area contributed by atoms with Crippen molar-refractivity contribution in [2.24, 2.45) is 0 Å². The Balaban J connectivity index is 1.42. The van der Waals surface area contributed by atoms with E-state index in [9.17, 15) is 4.79 Å². The average molecular weight is 381 g/mol. The summed E-state index contributed by atoms with van der Waals surface area (Å²) in [7, 11) is 0. The first-order chi connectivity index (χ1) is 13.7. The van der Waals surface area contributed by atoms with Gasteiger partial charge in [0.2, 0.25) is 0 Å². The lowest BCUT2D eigenvalue weighted by atomic mass is 9.97. The van der Waals surface area contributed by atoms with Crippen LogP contribution in [0.2, 0.25) is 0 Å². The number of piperidine rings is 1. The molecule has 148 valence electrons. The van der Waals surface area contributed by atoms with Gasteiger partial charge in [-0.3, -0.25) is 9.48 Å². The normalized spacial score (nSPS) is 17.2. The molecule has 0 bridgehead atoms. The fraction of sp³-hybridized carbons (Fsp3) is 0.476. The van der Waals surface area contributed by atoms with Gasteiger partial charge in [-0.1, -0.05) is 13.3 Å². The van der Waals surface area contributed by atoms with E-state index < -0.39 is 0 Å². The van der Waals surface area contributed by atoms with E-state index in [0.29, 0.717) is 18.8 Å². The summed E-state index contributed by atoms with van der Waals surface area (Å²) >= 11 is 0. The number of unbranched alkanes of at least 4 members (excludes halogenated alkanes) is 1. The second-order valence-corrected chi connectivity index (χ2v) is 7.39. The number of aryl methyl sites for hydroxylation is 1. The number of nitrogens with zero attached hydrogens (tertiary/aromatic N) is 5. The molecule has 4 rings (SSSR count). The quantitative estimate of drug-likeness (QED) is 0.628. The van der Waals surface area contributed by atoms with Crippen molar-refractivity contribution in [2.45, 2.75) is 51.6 Å². The van der Waals surface area contributed by atoms with E-state index in [2.05, 4.69) is 27.8 Å². The summed E-state index contributed by atoms with van der Waals surface area (Å²) in [6, 6.07) is 5.49. The molecular weight excluding hydrogens is 354 g/mol. The highest BCUT2D eigenvalue weighted by Gasteiger charge is 2.29. The molecule has 0 aromatic carbocycles. The van der Waals surface area contributed by atoms with Crippen LogP contribution in [0.1, 0.15) is 60.7 Å². The predicted molar refractivity (Wildman–Crippen MR) is 105 cm³/mol. The first-order valence-electron chi connectivity index (χ1n) is 10.1. The number of hydrogen-bond acceptors (Lipinski definition) is 4. The molecule has 1 atom stereocenters. The summed E-state index contributed by atoms with van der Waals surface area (Å²) in [6.45, 7) is 5.17. The molecule has 1 amide bonds. The third-order valence-electron chi connectivity index (χ3n) is 5.32. The van der Waals surface area contributed by atoms with Crippen LogP contribution in [0, 0.1) is 0 Å². The fourth-order valence-electron chi connectivity index (χ4n) is 3.86. The van der Waals surface area contributed by atoms with Gasteiger partial charge in [-0.05, 0) is 37.5 Å². The summed E-state index contributed by atoms with van der Waals surface area (Å²) in [6.07, 6.45) is 11.9. The molecule has 0 spiro atoms. The fourth-order valence-corrected chi connectivity index (χ4v) is 3.86. The van der Waals surface area contributed by atoms with Crippen molar-refractivity contribution in [1.82, 2.24) is 24.2 Å². The molecule has 1 aliphatic rings. The molecule has 1 saturated heterocycles. The van der Waals surface area contributed by atoms with Crippen LogP contribution in [0.4, 0.5) is 0 Å². The Morgan fingerprint density at radius 3 is 3.04 bits per heavy atom. The number of likely N-dealkylation sites (tertiary alicyclic amines) is 1. The van der Waals surface area contributed by atoms with Crippen LogP contribution >= 0.6 is 0 Å². The zero-order valence-electron chi connectivity index (χ0n) is 16.3. The van der Waals surface area contributed by atoms with Crippen LogP contribution in [0.3, 0.4) is 0 Å². The third kappa shape index (κ3) is 4.03. The van der Waals surface area contributed by atoms with E-state index in [4.69, 9.17) is 4.42 Å². The molecule has 7 nitrogen and oxygen atoms in total.